The van der Waals surface area contributed by atoms with E-state index in [-0.39, 0.29) is 16.7 Å². The molecule has 0 spiro atoms. The second kappa shape index (κ2) is 7.17. The van der Waals surface area contributed by atoms with Crippen LogP contribution in [0.3, 0.4) is 0 Å². The van der Waals surface area contributed by atoms with Gasteiger partial charge in [-0.3, -0.25) is 15.0 Å². The highest BCUT2D eigenvalue weighted by Crippen LogP contribution is 2.27. The summed E-state index contributed by atoms with van der Waals surface area (Å²) in [7, 11) is 1.97. The maximum absolute atomic E-state index is 11.0. The summed E-state index contributed by atoms with van der Waals surface area (Å²) in [5, 5.41) is 12.5. The van der Waals surface area contributed by atoms with Crippen LogP contribution in [0.1, 0.15) is 24.1 Å². The maximum atomic E-state index is 11.0. The molecule has 0 fully saturated rings. The van der Waals surface area contributed by atoms with Crippen molar-refractivity contribution in [2.75, 3.05) is 7.05 Å². The number of nitro benzene ring substituents is 1. The lowest BCUT2D eigenvalue weighted by molar-refractivity contribution is -0.384. The van der Waals surface area contributed by atoms with Gasteiger partial charge in [0.1, 0.15) is 5.15 Å². The molecule has 3 rings (SSSR count). The van der Waals surface area contributed by atoms with Gasteiger partial charge in [-0.15, -0.1) is 0 Å². The van der Waals surface area contributed by atoms with Gasteiger partial charge in [0.15, 0.2) is 0 Å². The number of fused-ring (bicyclic) bond motifs is 1. The van der Waals surface area contributed by atoms with E-state index < -0.39 is 0 Å². The number of hydrogen-bond donors (Lipinski definition) is 0. The van der Waals surface area contributed by atoms with E-state index in [0.29, 0.717) is 11.7 Å². The third kappa shape index (κ3) is 3.78. The van der Waals surface area contributed by atoms with E-state index >= 15 is 0 Å². The molecule has 0 aliphatic heterocycles. The van der Waals surface area contributed by atoms with Crippen molar-refractivity contribution < 1.29 is 4.92 Å². The maximum Gasteiger partial charge on any atom is 0.269 e. The van der Waals surface area contributed by atoms with E-state index in [0.717, 1.165) is 22.0 Å². The Balaban J connectivity index is 1.84. The summed E-state index contributed by atoms with van der Waals surface area (Å²) in [6.45, 7) is 2.61. The number of pyridine rings is 1. The highest BCUT2D eigenvalue weighted by Gasteiger charge is 2.17. The molecule has 1 heterocycles. The summed E-state index contributed by atoms with van der Waals surface area (Å²) in [4.78, 5) is 17.1. The van der Waals surface area contributed by atoms with Gasteiger partial charge < -0.3 is 0 Å². The molecule has 1 atom stereocenters. The largest absolute Gasteiger partial charge is 0.295 e. The van der Waals surface area contributed by atoms with Crippen LogP contribution in [-0.2, 0) is 6.54 Å². The molecular weight excluding hydrogens is 338 g/mol. The molecule has 0 N–H and O–H groups in total. The van der Waals surface area contributed by atoms with Crippen LogP contribution < -0.4 is 0 Å². The smallest absolute Gasteiger partial charge is 0.269 e. The SMILES string of the molecule is C[C@@H](c1cccc([N+](=O)[O-])c1)N(C)Cc1cc2ccccc2nc1Cl. The molecule has 0 saturated carbocycles. The topological polar surface area (TPSA) is 59.3 Å². The van der Waals surface area contributed by atoms with Gasteiger partial charge in [0.05, 0.1) is 10.4 Å². The first kappa shape index (κ1) is 17.3. The number of halogens is 1. The van der Waals surface area contributed by atoms with Gasteiger partial charge in [0.25, 0.3) is 5.69 Å². The fraction of sp³-hybridized carbons (Fsp3) is 0.211. The zero-order chi connectivity index (χ0) is 18.0. The molecule has 25 heavy (non-hydrogen) atoms. The van der Waals surface area contributed by atoms with Crippen LogP contribution in [0, 0.1) is 10.1 Å². The summed E-state index contributed by atoms with van der Waals surface area (Å²) in [6.07, 6.45) is 0. The predicted octanol–water partition coefficient (Wildman–Crippen LogP) is 4.99. The van der Waals surface area contributed by atoms with Crippen molar-refractivity contribution in [3.8, 4) is 0 Å². The normalized spacial score (nSPS) is 12.5. The van der Waals surface area contributed by atoms with Crippen LogP contribution in [0.2, 0.25) is 5.15 Å². The lowest BCUT2D eigenvalue weighted by Crippen LogP contribution is -2.22. The summed E-state index contributed by atoms with van der Waals surface area (Å²) >= 11 is 6.34. The van der Waals surface area contributed by atoms with E-state index in [4.69, 9.17) is 11.6 Å². The molecule has 0 amide bonds. The zero-order valence-corrected chi connectivity index (χ0v) is 14.8. The molecule has 0 saturated heterocycles. The molecule has 0 aliphatic rings. The van der Waals surface area contributed by atoms with Gasteiger partial charge >= 0.3 is 0 Å². The minimum Gasteiger partial charge on any atom is -0.295 e. The molecule has 6 heteroatoms. The monoisotopic (exact) mass is 355 g/mol. The fourth-order valence-corrected chi connectivity index (χ4v) is 3.01. The average molecular weight is 356 g/mol. The first-order valence-corrected chi connectivity index (χ1v) is 8.32. The molecule has 2 aromatic carbocycles. The van der Waals surface area contributed by atoms with Crippen molar-refractivity contribution in [1.29, 1.82) is 0 Å². The van der Waals surface area contributed by atoms with E-state index in [2.05, 4.69) is 9.88 Å². The van der Waals surface area contributed by atoms with Crippen LogP contribution in [0.5, 0.6) is 0 Å². The number of nitrogens with zero attached hydrogens (tertiary/aromatic N) is 3. The van der Waals surface area contributed by atoms with Gasteiger partial charge in [-0.1, -0.05) is 41.9 Å². The predicted molar refractivity (Wildman–Crippen MR) is 99.7 cm³/mol. The van der Waals surface area contributed by atoms with Gasteiger partial charge in [0.2, 0.25) is 0 Å². The number of hydrogen-bond acceptors (Lipinski definition) is 4. The number of benzene rings is 2. The standard InChI is InChI=1S/C19H18ClN3O2/c1-13(14-7-5-8-17(11-14)23(24)25)22(2)12-16-10-15-6-3-4-9-18(15)21-19(16)20/h3-11,13H,12H2,1-2H3/t13-/m0/s1. The molecular formula is C19H18ClN3O2. The summed E-state index contributed by atoms with van der Waals surface area (Å²) < 4.78 is 0. The molecule has 128 valence electrons. The highest BCUT2D eigenvalue weighted by atomic mass is 35.5. The molecule has 0 unspecified atom stereocenters. The minimum atomic E-state index is -0.375. The molecule has 0 radical (unpaired) electrons. The number of non-ortho nitro benzene ring substituents is 1. The second-order valence-corrected chi connectivity index (χ2v) is 6.43. The number of para-hydroxylation sites is 1. The van der Waals surface area contributed by atoms with E-state index in [1.165, 1.54) is 6.07 Å². The Hall–Kier alpha value is -2.50. The third-order valence-corrected chi connectivity index (χ3v) is 4.72. The van der Waals surface area contributed by atoms with E-state index in [1.807, 2.05) is 50.4 Å². The van der Waals surface area contributed by atoms with Gasteiger partial charge in [-0.2, -0.15) is 0 Å². The van der Waals surface area contributed by atoms with Gasteiger partial charge in [-0.05, 0) is 31.7 Å². The first-order chi connectivity index (χ1) is 12.0. The Morgan fingerprint density at radius 3 is 2.72 bits per heavy atom. The number of rotatable bonds is 5. The lowest BCUT2D eigenvalue weighted by Gasteiger charge is -2.25. The number of aromatic nitrogens is 1. The van der Waals surface area contributed by atoms with Crippen LogP contribution in [0.15, 0.2) is 54.6 Å². The first-order valence-electron chi connectivity index (χ1n) is 7.94. The summed E-state index contributed by atoms with van der Waals surface area (Å²) in [5.74, 6) is 0. The van der Waals surface area contributed by atoms with Crippen LogP contribution in [-0.4, -0.2) is 21.9 Å². The zero-order valence-electron chi connectivity index (χ0n) is 14.0. The van der Waals surface area contributed by atoms with Crippen molar-refractivity contribution in [2.45, 2.75) is 19.5 Å². The average Bonchev–Trinajstić information content (AvgIpc) is 2.61. The fourth-order valence-electron chi connectivity index (χ4n) is 2.81. The van der Waals surface area contributed by atoms with Crippen LogP contribution in [0.4, 0.5) is 5.69 Å². The molecule has 0 bridgehead atoms. The van der Waals surface area contributed by atoms with Crippen molar-refractivity contribution in [1.82, 2.24) is 9.88 Å². The van der Waals surface area contributed by atoms with Crippen LogP contribution in [0.25, 0.3) is 10.9 Å². The molecule has 1 aromatic heterocycles. The van der Waals surface area contributed by atoms with Crippen molar-refractivity contribution in [2.24, 2.45) is 0 Å². The van der Waals surface area contributed by atoms with Gasteiger partial charge in [-0.25, -0.2) is 4.98 Å². The van der Waals surface area contributed by atoms with Crippen molar-refractivity contribution in [3.05, 3.63) is 81.0 Å². The Labute approximate surface area is 151 Å². The summed E-state index contributed by atoms with van der Waals surface area (Å²) in [6, 6.07) is 16.6. The van der Waals surface area contributed by atoms with Crippen molar-refractivity contribution in [3.63, 3.8) is 0 Å². The van der Waals surface area contributed by atoms with Crippen LogP contribution >= 0.6 is 11.6 Å². The lowest BCUT2D eigenvalue weighted by atomic mass is 10.1. The van der Waals surface area contributed by atoms with E-state index in [9.17, 15) is 10.1 Å². The highest BCUT2D eigenvalue weighted by molar-refractivity contribution is 6.30. The third-order valence-electron chi connectivity index (χ3n) is 4.39. The molecule has 5 nitrogen and oxygen atoms in total. The molecule has 3 aromatic rings. The van der Waals surface area contributed by atoms with Gasteiger partial charge in [0, 0.05) is 35.7 Å². The quantitative estimate of drug-likeness (QED) is 0.367. The minimum absolute atomic E-state index is 0.00226. The Morgan fingerprint density at radius 1 is 1.20 bits per heavy atom. The second-order valence-electron chi connectivity index (χ2n) is 6.07. The van der Waals surface area contributed by atoms with E-state index in [1.54, 1.807) is 12.1 Å². The van der Waals surface area contributed by atoms with Crippen molar-refractivity contribution >= 4 is 28.2 Å². The molecule has 0 aliphatic carbocycles. The summed E-state index contributed by atoms with van der Waals surface area (Å²) in [5.41, 5.74) is 2.79. The Kier molecular flexibility index (Phi) is 4.97. The Morgan fingerprint density at radius 2 is 1.96 bits per heavy atom. The number of nitro groups is 1. The Bertz CT molecular complexity index is 929.